The lowest BCUT2D eigenvalue weighted by molar-refractivity contribution is 0.0654. The zero-order valence-electron chi connectivity index (χ0n) is 18.3. The second-order valence-corrected chi connectivity index (χ2v) is 8.10. The molecule has 3 N–H and O–H groups in total. The number of nitrogens with one attached hydrogen (secondary N) is 1. The molecule has 4 aromatic rings. The van der Waals surface area contributed by atoms with Crippen LogP contribution in [0.2, 0.25) is 0 Å². The Labute approximate surface area is 197 Å². The highest BCUT2D eigenvalue weighted by Gasteiger charge is 2.34. The van der Waals surface area contributed by atoms with E-state index in [2.05, 4.69) is 5.32 Å². The van der Waals surface area contributed by atoms with Gasteiger partial charge >= 0.3 is 0 Å². The van der Waals surface area contributed by atoms with Crippen molar-refractivity contribution in [2.75, 3.05) is 24.1 Å². The number of nitrogens with two attached hydrogens (primary N) is 1. The number of rotatable bonds is 6. The van der Waals surface area contributed by atoms with Gasteiger partial charge in [-0.2, -0.15) is 0 Å². The molecule has 3 aromatic carbocycles. The van der Waals surface area contributed by atoms with Crippen LogP contribution in [0.4, 0.5) is 20.2 Å². The fourth-order valence-electron chi connectivity index (χ4n) is 4.10. The van der Waals surface area contributed by atoms with Crippen molar-refractivity contribution in [2.45, 2.75) is 6.42 Å². The summed E-state index contributed by atoms with van der Waals surface area (Å²) in [6.07, 6.45) is 0.546. The Kier molecular flexibility index (Phi) is 5.52. The zero-order valence-corrected chi connectivity index (χ0v) is 18.3. The van der Waals surface area contributed by atoms with Crippen LogP contribution in [0.3, 0.4) is 0 Å². The van der Waals surface area contributed by atoms with Gasteiger partial charge in [-0.25, -0.2) is 8.78 Å². The van der Waals surface area contributed by atoms with Crippen molar-refractivity contribution in [3.63, 3.8) is 0 Å². The van der Waals surface area contributed by atoms with Crippen LogP contribution in [0, 0.1) is 11.6 Å². The van der Waals surface area contributed by atoms with Crippen molar-refractivity contribution < 1.29 is 22.8 Å². The van der Waals surface area contributed by atoms with Gasteiger partial charge in [-0.15, -0.1) is 0 Å². The maximum absolute atomic E-state index is 14.2. The highest BCUT2D eigenvalue weighted by molar-refractivity contribution is 6.21. The molecule has 0 saturated heterocycles. The minimum Gasteiger partial charge on any atom is -0.453 e. The number of carbonyl (C=O) groups is 2. The van der Waals surface area contributed by atoms with Gasteiger partial charge in [0.05, 0.1) is 22.2 Å². The summed E-state index contributed by atoms with van der Waals surface area (Å²) in [6, 6.07) is 15.3. The average Bonchev–Trinajstić information content (AvgIpc) is 3.10. The zero-order chi connectivity index (χ0) is 24.7. The van der Waals surface area contributed by atoms with Crippen molar-refractivity contribution in [3.8, 4) is 11.3 Å². The molecule has 0 bridgehead atoms. The third kappa shape index (κ3) is 3.90. The Balaban J connectivity index is 1.24. The third-order valence-electron chi connectivity index (χ3n) is 5.88. The molecule has 0 atom stereocenters. The van der Waals surface area contributed by atoms with Crippen molar-refractivity contribution >= 4 is 34.2 Å². The van der Waals surface area contributed by atoms with Crippen molar-refractivity contribution in [2.24, 2.45) is 0 Å². The predicted molar refractivity (Wildman–Crippen MR) is 127 cm³/mol. The molecule has 0 aliphatic carbocycles. The lowest BCUT2D eigenvalue weighted by Gasteiger charge is -2.14. The van der Waals surface area contributed by atoms with Crippen LogP contribution in [-0.2, 0) is 0 Å². The van der Waals surface area contributed by atoms with Crippen LogP contribution in [-0.4, -0.2) is 29.8 Å². The molecule has 176 valence electrons. The Bertz CT molecular complexity index is 1510. The highest BCUT2D eigenvalue weighted by atomic mass is 19.1. The number of hydrogen-bond acceptors (Lipinski definition) is 6. The van der Waals surface area contributed by atoms with E-state index in [1.165, 1.54) is 4.90 Å². The van der Waals surface area contributed by atoms with Crippen LogP contribution in [0.5, 0.6) is 0 Å². The number of amides is 2. The molecule has 5 rings (SSSR count). The first-order valence-corrected chi connectivity index (χ1v) is 10.9. The molecule has 0 radical (unpaired) electrons. The van der Waals surface area contributed by atoms with Gasteiger partial charge in [0.15, 0.2) is 16.8 Å². The van der Waals surface area contributed by atoms with Gasteiger partial charge in [0, 0.05) is 36.5 Å². The molecule has 2 heterocycles. The first-order valence-electron chi connectivity index (χ1n) is 10.9. The van der Waals surface area contributed by atoms with E-state index in [4.69, 9.17) is 10.2 Å². The van der Waals surface area contributed by atoms with E-state index in [0.29, 0.717) is 35.7 Å². The van der Waals surface area contributed by atoms with Gasteiger partial charge < -0.3 is 15.5 Å². The van der Waals surface area contributed by atoms with E-state index in [9.17, 15) is 23.2 Å². The number of hydrogen-bond donors (Lipinski definition) is 2. The third-order valence-corrected chi connectivity index (χ3v) is 5.88. The molecule has 1 aliphatic rings. The SMILES string of the molecule is Nc1c(F)cc(F)c2oc(-c3ccc(NCCCN4C(=O)c5ccccc5C4=O)cc3)cc(=O)c12. The summed E-state index contributed by atoms with van der Waals surface area (Å²) < 4.78 is 33.4. The minimum atomic E-state index is -1.02. The van der Waals surface area contributed by atoms with Crippen LogP contribution in [0.1, 0.15) is 27.1 Å². The summed E-state index contributed by atoms with van der Waals surface area (Å²) in [5, 5.41) is 2.87. The van der Waals surface area contributed by atoms with E-state index in [1.54, 1.807) is 48.5 Å². The topological polar surface area (TPSA) is 106 Å². The molecule has 35 heavy (non-hydrogen) atoms. The molecule has 9 heteroatoms. The van der Waals surface area contributed by atoms with Gasteiger partial charge in [0.1, 0.15) is 11.6 Å². The fourth-order valence-corrected chi connectivity index (χ4v) is 4.10. The van der Waals surface area contributed by atoms with Crippen molar-refractivity contribution in [3.05, 3.63) is 93.6 Å². The smallest absolute Gasteiger partial charge is 0.261 e. The second kappa shape index (κ2) is 8.68. The summed E-state index contributed by atoms with van der Waals surface area (Å²) in [5.41, 5.74) is 6.21. The van der Waals surface area contributed by atoms with E-state index in [1.807, 2.05) is 0 Å². The molecule has 0 fully saturated rings. The van der Waals surface area contributed by atoms with Crippen molar-refractivity contribution in [1.29, 1.82) is 0 Å². The van der Waals surface area contributed by atoms with Gasteiger partial charge in [-0.05, 0) is 42.8 Å². The van der Waals surface area contributed by atoms with Gasteiger partial charge in [-0.3, -0.25) is 19.3 Å². The summed E-state index contributed by atoms with van der Waals surface area (Å²) in [6.45, 7) is 0.794. The minimum absolute atomic E-state index is 0.115. The summed E-state index contributed by atoms with van der Waals surface area (Å²) in [4.78, 5) is 38.5. The van der Waals surface area contributed by atoms with Gasteiger partial charge in [0.25, 0.3) is 11.8 Å². The standard InChI is InChI=1S/C26H19F2N3O4/c27-18-12-19(28)24-22(23(18)29)20(32)13-21(35-24)14-6-8-15(9-7-14)30-10-3-11-31-25(33)16-4-1-2-5-17(16)26(31)34/h1-2,4-9,12-13,30H,3,10-11,29H2. The molecule has 0 saturated carbocycles. The molecule has 7 nitrogen and oxygen atoms in total. The lowest BCUT2D eigenvalue weighted by atomic mass is 10.1. The van der Waals surface area contributed by atoms with Crippen molar-refractivity contribution in [1.82, 2.24) is 4.90 Å². The number of nitrogen functional groups attached to an aromatic ring is 1. The maximum atomic E-state index is 14.2. The van der Waals surface area contributed by atoms with Gasteiger partial charge in [0.2, 0.25) is 0 Å². The molecule has 0 spiro atoms. The normalized spacial score (nSPS) is 12.9. The number of carbonyl (C=O) groups excluding carboxylic acids is 2. The highest BCUT2D eigenvalue weighted by Crippen LogP contribution is 2.29. The maximum Gasteiger partial charge on any atom is 0.261 e. The summed E-state index contributed by atoms with van der Waals surface area (Å²) >= 11 is 0. The predicted octanol–water partition coefficient (Wildman–Crippen LogP) is 4.42. The molecular weight excluding hydrogens is 456 g/mol. The molecule has 1 aliphatic heterocycles. The van der Waals surface area contributed by atoms with E-state index in [-0.39, 0.29) is 29.5 Å². The first-order chi connectivity index (χ1) is 16.8. The number of anilines is 2. The van der Waals surface area contributed by atoms with Crippen LogP contribution in [0.15, 0.2) is 69.9 Å². The molecule has 0 unspecified atom stereocenters. The average molecular weight is 475 g/mol. The van der Waals surface area contributed by atoms with E-state index >= 15 is 0 Å². The van der Waals surface area contributed by atoms with Crippen LogP contribution >= 0.6 is 0 Å². The number of imide groups is 1. The molecule has 2 amide bonds. The Morgan fingerprint density at radius 2 is 1.54 bits per heavy atom. The van der Waals surface area contributed by atoms with Crippen LogP contribution < -0.4 is 16.5 Å². The Morgan fingerprint density at radius 1 is 0.886 bits per heavy atom. The number of fused-ring (bicyclic) bond motifs is 2. The Hall–Kier alpha value is -4.53. The second-order valence-electron chi connectivity index (χ2n) is 8.10. The van der Waals surface area contributed by atoms with E-state index < -0.39 is 28.3 Å². The Morgan fingerprint density at radius 3 is 2.20 bits per heavy atom. The fraction of sp³-hybridized carbons (Fsp3) is 0.115. The monoisotopic (exact) mass is 475 g/mol. The first kappa shape index (κ1) is 22.3. The molecule has 1 aromatic heterocycles. The quantitative estimate of drug-likeness (QED) is 0.243. The number of nitrogens with zero attached hydrogens (tertiary/aromatic N) is 1. The number of halogens is 2. The largest absolute Gasteiger partial charge is 0.453 e. The van der Waals surface area contributed by atoms with Gasteiger partial charge in [-0.1, -0.05) is 12.1 Å². The lowest BCUT2D eigenvalue weighted by Crippen LogP contribution is -2.31. The molecular formula is C26H19F2N3O4. The van der Waals surface area contributed by atoms with Crippen LogP contribution in [0.25, 0.3) is 22.3 Å². The van der Waals surface area contributed by atoms with E-state index in [0.717, 1.165) is 11.8 Å². The number of benzene rings is 3. The summed E-state index contributed by atoms with van der Waals surface area (Å²) in [7, 11) is 0. The summed E-state index contributed by atoms with van der Waals surface area (Å²) in [5.74, 6) is -2.49.